The second-order valence-electron chi connectivity index (χ2n) is 8.26. The first-order valence-electron chi connectivity index (χ1n) is 10.9. The number of rotatable bonds is 7. The quantitative estimate of drug-likeness (QED) is 0.481. The van der Waals surface area contributed by atoms with Crippen LogP contribution in [-0.4, -0.2) is 17.0 Å². The lowest BCUT2D eigenvalue weighted by Crippen LogP contribution is -2.28. The standard InChI is InChI=1S/C26H26FNO3S/c1-16(18-9-11-19(12-10-18)26(30)31)28-25(29)24-21-4-2-3-5-22(21)32-23(24)15-8-17-6-13-20(27)14-7-17/h6-7,9-14,16H,2-5,8,15H2,1H3,(H,28,29)(H,30,31)/t16-/m0/s1. The van der Waals surface area contributed by atoms with Crippen LogP contribution in [0.5, 0.6) is 0 Å². The monoisotopic (exact) mass is 451 g/mol. The molecule has 4 rings (SSSR count). The van der Waals surface area contributed by atoms with Gasteiger partial charge in [0, 0.05) is 9.75 Å². The molecule has 0 unspecified atom stereocenters. The predicted octanol–water partition coefficient (Wildman–Crippen LogP) is 5.74. The zero-order chi connectivity index (χ0) is 22.7. The maximum absolute atomic E-state index is 13.4. The maximum Gasteiger partial charge on any atom is 0.335 e. The van der Waals surface area contributed by atoms with Crippen LogP contribution in [0.25, 0.3) is 0 Å². The highest BCUT2D eigenvalue weighted by molar-refractivity contribution is 7.12. The number of aryl methyl sites for hydroxylation is 3. The number of aromatic carboxylic acids is 1. The van der Waals surface area contributed by atoms with Gasteiger partial charge in [-0.25, -0.2) is 9.18 Å². The largest absolute Gasteiger partial charge is 0.478 e. The number of benzene rings is 2. The van der Waals surface area contributed by atoms with Gasteiger partial charge in [-0.1, -0.05) is 24.3 Å². The van der Waals surface area contributed by atoms with Gasteiger partial charge in [-0.15, -0.1) is 11.3 Å². The lowest BCUT2D eigenvalue weighted by atomic mass is 9.93. The Kier molecular flexibility index (Phi) is 6.70. The van der Waals surface area contributed by atoms with Crippen molar-refractivity contribution in [2.45, 2.75) is 51.5 Å². The van der Waals surface area contributed by atoms with Crippen molar-refractivity contribution in [1.82, 2.24) is 5.32 Å². The number of carbonyl (C=O) groups excluding carboxylic acids is 1. The van der Waals surface area contributed by atoms with Crippen molar-refractivity contribution >= 4 is 23.2 Å². The fraction of sp³-hybridized carbons (Fsp3) is 0.308. The molecule has 0 aliphatic heterocycles. The predicted molar refractivity (Wildman–Crippen MR) is 124 cm³/mol. The van der Waals surface area contributed by atoms with Gasteiger partial charge in [0.2, 0.25) is 0 Å². The lowest BCUT2D eigenvalue weighted by molar-refractivity contribution is 0.0696. The molecule has 0 saturated carbocycles. The van der Waals surface area contributed by atoms with Gasteiger partial charge in [0.25, 0.3) is 5.91 Å². The van der Waals surface area contributed by atoms with Crippen LogP contribution in [0.4, 0.5) is 4.39 Å². The summed E-state index contributed by atoms with van der Waals surface area (Å²) in [6.45, 7) is 1.91. The van der Waals surface area contributed by atoms with E-state index in [-0.39, 0.29) is 23.3 Å². The molecule has 1 aliphatic rings. The summed E-state index contributed by atoms with van der Waals surface area (Å²) < 4.78 is 13.2. The highest BCUT2D eigenvalue weighted by Gasteiger charge is 2.26. The van der Waals surface area contributed by atoms with Crippen molar-refractivity contribution in [2.75, 3.05) is 0 Å². The Morgan fingerprint density at radius 2 is 1.72 bits per heavy atom. The number of thiophene rings is 1. The second-order valence-corrected chi connectivity index (χ2v) is 9.45. The molecule has 0 spiro atoms. The average Bonchev–Trinajstić information content (AvgIpc) is 3.17. The molecule has 0 saturated heterocycles. The third-order valence-corrected chi connectivity index (χ3v) is 7.38. The van der Waals surface area contributed by atoms with Gasteiger partial charge < -0.3 is 10.4 Å². The van der Waals surface area contributed by atoms with Gasteiger partial charge >= 0.3 is 5.97 Å². The fourth-order valence-electron chi connectivity index (χ4n) is 4.24. The van der Waals surface area contributed by atoms with Crippen LogP contribution in [-0.2, 0) is 25.7 Å². The highest BCUT2D eigenvalue weighted by Crippen LogP contribution is 2.35. The van der Waals surface area contributed by atoms with E-state index < -0.39 is 5.97 Å². The molecule has 2 N–H and O–H groups in total. The summed E-state index contributed by atoms with van der Waals surface area (Å²) in [5, 5.41) is 12.2. The normalized spacial score (nSPS) is 13.9. The first kappa shape index (κ1) is 22.2. The molecular formula is C26H26FNO3S. The van der Waals surface area contributed by atoms with Crippen molar-refractivity contribution in [2.24, 2.45) is 0 Å². The summed E-state index contributed by atoms with van der Waals surface area (Å²) >= 11 is 1.74. The number of carboxylic acid groups (broad SMARTS) is 1. The summed E-state index contributed by atoms with van der Waals surface area (Å²) in [6, 6.07) is 12.9. The van der Waals surface area contributed by atoms with Gasteiger partial charge in [0.15, 0.2) is 0 Å². The Balaban J connectivity index is 1.54. The molecule has 2 aromatic carbocycles. The van der Waals surface area contributed by atoms with E-state index in [4.69, 9.17) is 5.11 Å². The summed E-state index contributed by atoms with van der Waals surface area (Å²) in [7, 11) is 0. The van der Waals surface area contributed by atoms with E-state index in [2.05, 4.69) is 5.32 Å². The molecule has 1 amide bonds. The van der Waals surface area contributed by atoms with E-state index in [1.807, 2.05) is 6.92 Å². The minimum atomic E-state index is -0.969. The molecular weight excluding hydrogens is 425 g/mol. The number of carboxylic acids is 1. The van der Waals surface area contributed by atoms with E-state index in [9.17, 15) is 14.0 Å². The van der Waals surface area contributed by atoms with E-state index >= 15 is 0 Å². The van der Waals surface area contributed by atoms with Crippen molar-refractivity contribution in [3.05, 3.63) is 91.9 Å². The molecule has 1 atom stereocenters. The number of nitrogens with one attached hydrogen (secondary N) is 1. The lowest BCUT2D eigenvalue weighted by Gasteiger charge is -2.17. The Morgan fingerprint density at radius 1 is 1.03 bits per heavy atom. The summed E-state index contributed by atoms with van der Waals surface area (Å²) in [5.74, 6) is -1.29. The number of amides is 1. The first-order valence-corrected chi connectivity index (χ1v) is 11.8. The van der Waals surface area contributed by atoms with Gasteiger partial charge in [-0.2, -0.15) is 0 Å². The zero-order valence-corrected chi connectivity index (χ0v) is 18.8. The van der Waals surface area contributed by atoms with Crippen LogP contribution in [0.3, 0.4) is 0 Å². The smallest absolute Gasteiger partial charge is 0.335 e. The Bertz CT molecular complexity index is 1120. The van der Waals surface area contributed by atoms with Crippen LogP contribution in [0, 0.1) is 5.82 Å². The van der Waals surface area contributed by atoms with Crippen LogP contribution in [0.2, 0.25) is 0 Å². The molecule has 166 valence electrons. The van der Waals surface area contributed by atoms with Crippen LogP contribution in [0.1, 0.15) is 73.0 Å². The van der Waals surface area contributed by atoms with Gasteiger partial charge in [0.05, 0.1) is 17.2 Å². The average molecular weight is 452 g/mol. The summed E-state index contributed by atoms with van der Waals surface area (Å²) in [4.78, 5) is 26.9. The number of carbonyl (C=O) groups is 2. The van der Waals surface area contributed by atoms with Crippen LogP contribution >= 0.6 is 11.3 Å². The topological polar surface area (TPSA) is 66.4 Å². The molecule has 0 fully saturated rings. The molecule has 0 radical (unpaired) electrons. The maximum atomic E-state index is 13.4. The van der Waals surface area contributed by atoms with Crippen molar-refractivity contribution in [3.63, 3.8) is 0 Å². The highest BCUT2D eigenvalue weighted by atomic mass is 32.1. The second kappa shape index (κ2) is 9.65. The minimum absolute atomic E-state index is 0.0756. The molecule has 6 heteroatoms. The molecule has 32 heavy (non-hydrogen) atoms. The summed E-state index contributed by atoms with van der Waals surface area (Å²) in [5.41, 5.74) is 4.13. The molecule has 1 aliphatic carbocycles. The molecule has 1 aromatic heterocycles. The van der Waals surface area contributed by atoms with Crippen LogP contribution in [0.15, 0.2) is 48.5 Å². The number of hydrogen-bond acceptors (Lipinski definition) is 3. The first-order chi connectivity index (χ1) is 15.4. The summed E-state index contributed by atoms with van der Waals surface area (Å²) in [6.07, 6.45) is 5.68. The van der Waals surface area contributed by atoms with E-state index in [0.717, 1.165) is 60.1 Å². The Morgan fingerprint density at radius 3 is 2.41 bits per heavy atom. The molecule has 4 nitrogen and oxygen atoms in total. The number of fused-ring (bicyclic) bond motifs is 1. The number of halogens is 1. The van der Waals surface area contributed by atoms with Crippen molar-refractivity contribution in [1.29, 1.82) is 0 Å². The zero-order valence-electron chi connectivity index (χ0n) is 18.0. The SMILES string of the molecule is C[C@H](NC(=O)c1c(CCc2ccc(F)cc2)sc2c1CCCC2)c1ccc(C(=O)O)cc1. The third kappa shape index (κ3) is 4.91. The van der Waals surface area contributed by atoms with E-state index in [1.165, 1.54) is 22.6 Å². The molecule has 1 heterocycles. The van der Waals surface area contributed by atoms with Crippen molar-refractivity contribution in [3.8, 4) is 0 Å². The Labute approximate surface area is 191 Å². The van der Waals surface area contributed by atoms with E-state index in [0.29, 0.717) is 0 Å². The van der Waals surface area contributed by atoms with Gasteiger partial charge in [-0.3, -0.25) is 4.79 Å². The van der Waals surface area contributed by atoms with Crippen molar-refractivity contribution < 1.29 is 19.1 Å². The molecule has 0 bridgehead atoms. The van der Waals surface area contributed by atoms with E-state index in [1.54, 1.807) is 47.7 Å². The van der Waals surface area contributed by atoms with Gasteiger partial charge in [0.1, 0.15) is 5.82 Å². The third-order valence-electron chi connectivity index (χ3n) is 6.03. The Hall–Kier alpha value is -2.99. The minimum Gasteiger partial charge on any atom is -0.478 e. The number of hydrogen-bond donors (Lipinski definition) is 2. The fourth-order valence-corrected chi connectivity index (χ4v) is 5.63. The molecule has 3 aromatic rings. The van der Waals surface area contributed by atoms with Crippen LogP contribution < -0.4 is 5.32 Å². The van der Waals surface area contributed by atoms with Gasteiger partial charge in [-0.05, 0) is 86.4 Å².